The summed E-state index contributed by atoms with van der Waals surface area (Å²) in [7, 11) is 0. The predicted octanol–water partition coefficient (Wildman–Crippen LogP) is 7.51. The Morgan fingerprint density at radius 2 is 1.68 bits per heavy atom. The third kappa shape index (κ3) is 5.10. The largest absolute Gasteiger partial charge is 0.370 e. The molecule has 41 heavy (non-hydrogen) atoms. The Morgan fingerprint density at radius 1 is 0.927 bits per heavy atom. The molecule has 6 nitrogen and oxygen atoms in total. The van der Waals surface area contributed by atoms with Gasteiger partial charge in [-0.05, 0) is 105 Å². The van der Waals surface area contributed by atoms with E-state index in [9.17, 15) is 0 Å². The highest BCUT2D eigenvalue weighted by molar-refractivity contribution is 7.80. The van der Waals surface area contributed by atoms with Crippen LogP contribution in [0.15, 0.2) is 67.0 Å². The summed E-state index contributed by atoms with van der Waals surface area (Å²) < 4.78 is 2.24. The van der Waals surface area contributed by atoms with Gasteiger partial charge in [0.05, 0.1) is 28.5 Å². The van der Waals surface area contributed by atoms with Crippen molar-refractivity contribution in [1.29, 1.82) is 0 Å². The lowest BCUT2D eigenvalue weighted by atomic mass is 9.91. The van der Waals surface area contributed by atoms with Crippen molar-refractivity contribution < 1.29 is 0 Å². The van der Waals surface area contributed by atoms with Gasteiger partial charge in [-0.15, -0.1) is 0 Å². The Bertz CT molecular complexity index is 1570. The van der Waals surface area contributed by atoms with Crippen LogP contribution in [0.5, 0.6) is 0 Å². The van der Waals surface area contributed by atoms with Gasteiger partial charge in [0.15, 0.2) is 5.11 Å². The van der Waals surface area contributed by atoms with E-state index < -0.39 is 0 Å². The molecule has 0 aliphatic carbocycles. The first-order valence-electron chi connectivity index (χ1n) is 14.4. The topological polar surface area (TPSA) is 49.2 Å². The zero-order valence-electron chi connectivity index (χ0n) is 24.3. The van der Waals surface area contributed by atoms with E-state index in [1.165, 1.54) is 12.0 Å². The number of benzene rings is 1. The fourth-order valence-electron chi connectivity index (χ4n) is 6.84. The van der Waals surface area contributed by atoms with E-state index in [1.54, 1.807) is 0 Å². The number of rotatable bonds is 5. The van der Waals surface area contributed by atoms with Crippen molar-refractivity contribution in [3.63, 3.8) is 0 Å². The van der Waals surface area contributed by atoms with Gasteiger partial charge in [0.25, 0.3) is 0 Å². The van der Waals surface area contributed by atoms with E-state index in [0.29, 0.717) is 16.9 Å². The second kappa shape index (κ2) is 11.1. The van der Waals surface area contributed by atoms with Crippen molar-refractivity contribution >= 4 is 40.3 Å². The number of hydrogen-bond donors (Lipinski definition) is 1. The molecule has 0 saturated carbocycles. The van der Waals surface area contributed by atoms with Gasteiger partial charge < -0.3 is 19.7 Å². The van der Waals surface area contributed by atoms with Crippen molar-refractivity contribution in [3.05, 3.63) is 100 Å². The monoisotopic (exact) mass is 584 g/mol. The summed E-state index contributed by atoms with van der Waals surface area (Å²) in [5, 5.41) is 5.01. The number of nitrogens with one attached hydrogen (secondary N) is 1. The maximum absolute atomic E-state index is 7.03. The van der Waals surface area contributed by atoms with Crippen molar-refractivity contribution in [2.24, 2.45) is 11.8 Å². The fourth-order valence-corrected chi connectivity index (χ4v) is 7.48. The number of nitrogens with zero attached hydrogens (tertiary/aromatic N) is 5. The Morgan fingerprint density at radius 3 is 2.37 bits per heavy atom. The maximum Gasteiger partial charge on any atom is 0.174 e. The van der Waals surface area contributed by atoms with Crippen LogP contribution in [-0.4, -0.2) is 32.7 Å². The minimum Gasteiger partial charge on any atom is -0.370 e. The molecular weight excluding hydrogens is 548 g/mol. The first-order valence-corrected chi connectivity index (χ1v) is 15.2. The summed E-state index contributed by atoms with van der Waals surface area (Å²) in [6.07, 6.45) is 4.95. The van der Waals surface area contributed by atoms with Gasteiger partial charge in [-0.25, -0.2) is 4.98 Å². The second-order valence-corrected chi connectivity index (χ2v) is 12.6. The molecule has 2 saturated heterocycles. The van der Waals surface area contributed by atoms with E-state index in [4.69, 9.17) is 33.8 Å². The Balaban J connectivity index is 1.45. The minimum atomic E-state index is -0.135. The van der Waals surface area contributed by atoms with Crippen LogP contribution in [0, 0.1) is 32.6 Å². The van der Waals surface area contributed by atoms with E-state index in [-0.39, 0.29) is 12.1 Å². The number of thiocarbonyl (C=S) groups is 1. The van der Waals surface area contributed by atoms with Gasteiger partial charge in [-0.3, -0.25) is 4.98 Å². The number of aromatic nitrogens is 3. The molecule has 0 amide bonds. The lowest BCUT2D eigenvalue weighted by Crippen LogP contribution is -2.38. The summed E-state index contributed by atoms with van der Waals surface area (Å²) in [6, 6.07) is 18.5. The molecule has 3 aromatic heterocycles. The predicted molar refractivity (Wildman–Crippen MR) is 172 cm³/mol. The Labute approximate surface area is 253 Å². The zero-order chi connectivity index (χ0) is 28.8. The highest BCUT2D eigenvalue weighted by Gasteiger charge is 2.42. The second-order valence-electron chi connectivity index (χ2n) is 11.8. The number of pyridine rings is 2. The van der Waals surface area contributed by atoms with Crippen molar-refractivity contribution in [2.75, 3.05) is 22.9 Å². The van der Waals surface area contributed by atoms with Gasteiger partial charge in [0.2, 0.25) is 0 Å². The van der Waals surface area contributed by atoms with Crippen LogP contribution in [-0.2, 0) is 0 Å². The molecular formula is C33H37ClN6S. The summed E-state index contributed by atoms with van der Waals surface area (Å²) in [5.74, 6) is 2.23. The van der Waals surface area contributed by atoms with Gasteiger partial charge in [-0.1, -0.05) is 37.6 Å². The Hall–Kier alpha value is -3.42. The van der Waals surface area contributed by atoms with Crippen LogP contribution in [0.2, 0.25) is 5.02 Å². The highest BCUT2D eigenvalue weighted by Crippen LogP contribution is 2.45. The molecule has 4 aromatic rings. The molecule has 6 rings (SSSR count). The van der Waals surface area contributed by atoms with Crippen LogP contribution in [0.4, 0.5) is 11.4 Å². The number of anilines is 2. The third-order valence-corrected chi connectivity index (χ3v) is 9.12. The molecule has 0 radical (unpaired) electrons. The molecule has 0 unspecified atom stereocenters. The number of hydrogen-bond acceptors (Lipinski definition) is 4. The molecule has 1 N–H and O–H groups in total. The first-order chi connectivity index (χ1) is 19.7. The molecule has 0 spiro atoms. The standard InChI is InChI=1S/C33H37ClN6S/c1-20-15-21(2)19-38(18-20)29-12-11-25(17-27(29)34)40-31(30(37-33(40)41)28-10-6-7-13-35-28)26-16-23(4)39(24(26)5)32-22(3)9-8-14-36-32/h6-14,16-17,20-21,30-31H,15,18-19H2,1-5H3,(H,37,41)/t20-,21+,30-,31+/m0/s1. The molecule has 1 aromatic carbocycles. The molecule has 0 bridgehead atoms. The summed E-state index contributed by atoms with van der Waals surface area (Å²) in [6.45, 7) is 13.1. The maximum atomic E-state index is 7.03. The fraction of sp³-hybridized carbons (Fsp3) is 0.364. The lowest BCUT2D eigenvalue weighted by molar-refractivity contribution is 0.357. The normalized spacial score (nSPS) is 22.7. The summed E-state index contributed by atoms with van der Waals surface area (Å²) in [5.41, 5.74) is 7.56. The zero-order valence-corrected chi connectivity index (χ0v) is 25.9. The lowest BCUT2D eigenvalue weighted by Gasteiger charge is -2.37. The van der Waals surface area contributed by atoms with Gasteiger partial charge in [0, 0.05) is 42.6 Å². The van der Waals surface area contributed by atoms with Crippen LogP contribution in [0.25, 0.3) is 5.82 Å². The smallest absolute Gasteiger partial charge is 0.174 e. The van der Waals surface area contributed by atoms with Crippen molar-refractivity contribution in [2.45, 2.75) is 53.1 Å². The summed E-state index contributed by atoms with van der Waals surface area (Å²) >= 11 is 13.1. The average Bonchev–Trinajstić information content (AvgIpc) is 3.43. The highest BCUT2D eigenvalue weighted by atomic mass is 35.5. The van der Waals surface area contributed by atoms with Crippen LogP contribution >= 0.6 is 23.8 Å². The quantitative estimate of drug-likeness (QED) is 0.245. The van der Waals surface area contributed by atoms with E-state index >= 15 is 0 Å². The molecule has 2 fully saturated rings. The van der Waals surface area contributed by atoms with Gasteiger partial charge >= 0.3 is 0 Å². The number of piperidine rings is 1. The van der Waals surface area contributed by atoms with E-state index in [2.05, 4.69) is 90.7 Å². The summed E-state index contributed by atoms with van der Waals surface area (Å²) in [4.78, 5) is 14.1. The van der Waals surface area contributed by atoms with Gasteiger partial charge in [-0.2, -0.15) is 0 Å². The minimum absolute atomic E-state index is 0.127. The SMILES string of the molecule is Cc1cccnc1-n1c(C)cc([C@@H]2[C@H](c3ccccn3)NC(=S)N2c2ccc(N3C[C@H](C)C[C@H](C)C3)c(Cl)c2)c1C. The van der Waals surface area contributed by atoms with Crippen LogP contribution < -0.4 is 15.1 Å². The number of aryl methyl sites for hydroxylation is 2. The van der Waals surface area contributed by atoms with Crippen molar-refractivity contribution in [1.82, 2.24) is 19.9 Å². The first kappa shape index (κ1) is 27.7. The average molecular weight is 585 g/mol. The molecule has 212 valence electrons. The third-order valence-electron chi connectivity index (χ3n) is 8.50. The van der Waals surface area contributed by atoms with Crippen LogP contribution in [0.3, 0.4) is 0 Å². The molecule has 2 aliphatic rings. The van der Waals surface area contributed by atoms with Gasteiger partial charge in [0.1, 0.15) is 5.82 Å². The van der Waals surface area contributed by atoms with E-state index in [1.807, 2.05) is 30.6 Å². The van der Waals surface area contributed by atoms with E-state index in [0.717, 1.165) is 58.0 Å². The molecule has 4 atom stereocenters. The van der Waals surface area contributed by atoms with Crippen LogP contribution in [0.1, 0.15) is 60.6 Å². The molecule has 8 heteroatoms. The molecule has 2 aliphatic heterocycles. The molecule has 5 heterocycles. The van der Waals surface area contributed by atoms with Crippen molar-refractivity contribution in [3.8, 4) is 5.82 Å². The Kier molecular flexibility index (Phi) is 7.51. The number of halogens is 1.